The van der Waals surface area contributed by atoms with Crippen molar-refractivity contribution in [1.82, 2.24) is 19.5 Å². The minimum atomic E-state index is -3.79. The summed E-state index contributed by atoms with van der Waals surface area (Å²) in [6.07, 6.45) is 1.66. The van der Waals surface area contributed by atoms with Crippen LogP contribution < -0.4 is 10.5 Å². The van der Waals surface area contributed by atoms with Crippen molar-refractivity contribution in [3.63, 3.8) is 0 Å². The van der Waals surface area contributed by atoms with Gasteiger partial charge in [-0.1, -0.05) is 0 Å². The molecule has 3 aliphatic rings. The van der Waals surface area contributed by atoms with Crippen LogP contribution in [-0.2, 0) is 22.9 Å². The van der Waals surface area contributed by atoms with Crippen LogP contribution in [-0.4, -0.2) is 51.5 Å². The van der Waals surface area contributed by atoms with Crippen molar-refractivity contribution in [3.8, 4) is 11.9 Å². The summed E-state index contributed by atoms with van der Waals surface area (Å²) in [4.78, 5) is 12.5. The second kappa shape index (κ2) is 6.87. The summed E-state index contributed by atoms with van der Waals surface area (Å²) in [5.74, 6) is 0.205. The summed E-state index contributed by atoms with van der Waals surface area (Å²) in [5, 5.41) is 10.1. The number of rotatable bonds is 4. The molecule has 30 heavy (non-hydrogen) atoms. The maximum atomic E-state index is 13.0. The Hall–Kier alpha value is -2.29. The van der Waals surface area contributed by atoms with Crippen LogP contribution in [0.1, 0.15) is 32.4 Å². The number of phosphoric ester groups is 1. The molecule has 4 heterocycles. The molecule has 2 aliphatic heterocycles. The molecule has 2 N–H and O–H groups in total. The number of phosphoric acid groups is 1. The molecule has 12 nitrogen and oxygen atoms in total. The topological polar surface area (TPSA) is 157 Å². The molecule has 2 aromatic rings. The molecule has 160 valence electrons. The molecule has 0 aromatic carbocycles. The number of hydrogen-bond donors (Lipinski definition) is 1. The van der Waals surface area contributed by atoms with E-state index in [4.69, 9.17) is 28.8 Å². The zero-order valence-corrected chi connectivity index (χ0v) is 17.3. The molecule has 5 rings (SSSR count). The molecule has 1 saturated carbocycles. The Morgan fingerprint density at radius 2 is 2.23 bits per heavy atom. The molecule has 1 aliphatic carbocycles. The normalized spacial score (nSPS) is 36.2. The van der Waals surface area contributed by atoms with Crippen LogP contribution in [0.15, 0.2) is 6.33 Å². The number of aromatic nitrogens is 4. The Kier molecular flexibility index (Phi) is 4.50. The predicted molar refractivity (Wildman–Crippen MR) is 101 cm³/mol. The van der Waals surface area contributed by atoms with E-state index in [0.717, 1.165) is 19.3 Å². The first-order valence-corrected chi connectivity index (χ1v) is 11.0. The standard InChI is InChI=1S/C17H21N6O6P/c1-17(7-18)12-10(6-26-30(24,29-12)28-9-4-3-5-9)27-15(17)23-8-20-11-13(23)21-16(19)22-14(11)25-2/h8-10,12,15H,3-6H2,1-2H3,(H2,19,21,22)/t10-,12-,15-,17-,30?/m1/s1. The number of methoxy groups -OCH3 is 1. The van der Waals surface area contributed by atoms with Crippen molar-refractivity contribution < 1.29 is 27.6 Å². The number of ether oxygens (including phenoxy) is 2. The van der Waals surface area contributed by atoms with E-state index >= 15 is 0 Å². The third-order valence-electron chi connectivity index (χ3n) is 5.81. The van der Waals surface area contributed by atoms with E-state index in [2.05, 4.69) is 21.0 Å². The maximum absolute atomic E-state index is 13.0. The van der Waals surface area contributed by atoms with Crippen molar-refractivity contribution in [2.75, 3.05) is 19.5 Å². The van der Waals surface area contributed by atoms with Crippen molar-refractivity contribution in [2.45, 2.75) is 50.7 Å². The molecule has 0 spiro atoms. The number of hydrogen-bond acceptors (Lipinski definition) is 11. The van der Waals surface area contributed by atoms with E-state index in [-0.39, 0.29) is 24.5 Å². The molecular formula is C17H21N6O6P. The number of nitrogens with zero attached hydrogens (tertiary/aromatic N) is 5. The van der Waals surface area contributed by atoms with Gasteiger partial charge in [0.2, 0.25) is 11.8 Å². The first-order chi connectivity index (χ1) is 14.4. The maximum Gasteiger partial charge on any atom is 0.475 e. The molecule has 3 fully saturated rings. The van der Waals surface area contributed by atoms with Crippen molar-refractivity contribution >= 4 is 24.9 Å². The van der Waals surface area contributed by atoms with Gasteiger partial charge >= 0.3 is 7.82 Å². The molecule has 2 aromatic heterocycles. The van der Waals surface area contributed by atoms with Gasteiger partial charge in [0, 0.05) is 0 Å². The van der Waals surface area contributed by atoms with Crippen LogP contribution in [0.3, 0.4) is 0 Å². The molecule has 0 radical (unpaired) electrons. The van der Waals surface area contributed by atoms with Crippen LogP contribution in [0.25, 0.3) is 11.2 Å². The van der Waals surface area contributed by atoms with E-state index in [0.29, 0.717) is 11.2 Å². The lowest BCUT2D eigenvalue weighted by atomic mass is 9.84. The summed E-state index contributed by atoms with van der Waals surface area (Å²) in [7, 11) is -2.34. The van der Waals surface area contributed by atoms with Gasteiger partial charge in [0.25, 0.3) is 0 Å². The van der Waals surface area contributed by atoms with Crippen LogP contribution in [0.2, 0.25) is 0 Å². The highest BCUT2D eigenvalue weighted by atomic mass is 31.2. The Morgan fingerprint density at radius 3 is 2.90 bits per heavy atom. The van der Waals surface area contributed by atoms with Gasteiger partial charge in [-0.2, -0.15) is 15.2 Å². The van der Waals surface area contributed by atoms with E-state index in [9.17, 15) is 9.83 Å². The minimum absolute atomic E-state index is 0.00634. The Balaban J connectivity index is 1.51. The van der Waals surface area contributed by atoms with Gasteiger partial charge in [-0.3, -0.25) is 18.1 Å². The average molecular weight is 436 g/mol. The number of nitriles is 1. The van der Waals surface area contributed by atoms with E-state index in [1.54, 1.807) is 11.5 Å². The van der Waals surface area contributed by atoms with Gasteiger partial charge in [-0.05, 0) is 26.2 Å². The van der Waals surface area contributed by atoms with Crippen molar-refractivity contribution in [2.24, 2.45) is 5.41 Å². The summed E-state index contributed by atoms with van der Waals surface area (Å²) in [6.45, 7) is 1.66. The molecule has 13 heteroatoms. The second-order valence-corrected chi connectivity index (χ2v) is 9.34. The average Bonchev–Trinajstić information content (AvgIpc) is 3.23. The number of nitrogen functional groups attached to an aromatic ring is 1. The highest BCUT2D eigenvalue weighted by molar-refractivity contribution is 7.48. The first-order valence-electron chi connectivity index (χ1n) is 9.59. The van der Waals surface area contributed by atoms with Gasteiger partial charge in [0.1, 0.15) is 17.6 Å². The first kappa shape index (κ1) is 19.7. The molecule has 0 amide bonds. The lowest BCUT2D eigenvalue weighted by Crippen LogP contribution is -2.42. The van der Waals surface area contributed by atoms with E-state index < -0.39 is 31.7 Å². The number of nitrogens with two attached hydrogens (primary N) is 1. The third kappa shape index (κ3) is 2.89. The van der Waals surface area contributed by atoms with Gasteiger partial charge < -0.3 is 15.2 Å². The molecule has 0 bridgehead atoms. The Labute approximate surface area is 171 Å². The quantitative estimate of drug-likeness (QED) is 0.698. The summed E-state index contributed by atoms with van der Waals surface area (Å²) in [5.41, 5.74) is 5.29. The van der Waals surface area contributed by atoms with Gasteiger partial charge in [-0.25, -0.2) is 9.55 Å². The van der Waals surface area contributed by atoms with E-state index in [1.807, 2.05) is 0 Å². The van der Waals surface area contributed by atoms with Crippen LogP contribution in [0.5, 0.6) is 5.88 Å². The Morgan fingerprint density at radius 1 is 1.43 bits per heavy atom. The lowest BCUT2D eigenvalue weighted by molar-refractivity contribution is -0.0787. The summed E-state index contributed by atoms with van der Waals surface area (Å²) < 4.78 is 42.7. The second-order valence-electron chi connectivity index (χ2n) is 7.76. The van der Waals surface area contributed by atoms with Crippen molar-refractivity contribution in [1.29, 1.82) is 5.26 Å². The van der Waals surface area contributed by atoms with Crippen molar-refractivity contribution in [3.05, 3.63) is 6.33 Å². The Bertz CT molecular complexity index is 1080. The van der Waals surface area contributed by atoms with Gasteiger partial charge in [0.05, 0.1) is 32.2 Å². The van der Waals surface area contributed by atoms with Crippen LogP contribution >= 0.6 is 7.82 Å². The fraction of sp³-hybridized carbons (Fsp3) is 0.647. The zero-order chi connectivity index (χ0) is 21.1. The molecule has 1 unspecified atom stereocenters. The minimum Gasteiger partial charge on any atom is -0.479 e. The SMILES string of the molecule is COc1nc(N)nc2c1ncn2[C@@H]1O[C@@H]2COP(=O)(OC3CCC3)O[C@H]2[C@@]1(C)C#N. The van der Waals surface area contributed by atoms with Gasteiger partial charge in [0.15, 0.2) is 17.4 Å². The summed E-state index contributed by atoms with van der Waals surface area (Å²) >= 11 is 0. The molecular weight excluding hydrogens is 415 g/mol. The van der Waals surface area contributed by atoms with Crippen LogP contribution in [0, 0.1) is 16.7 Å². The predicted octanol–water partition coefficient (Wildman–Crippen LogP) is 1.94. The number of anilines is 1. The van der Waals surface area contributed by atoms with Crippen LogP contribution in [0.4, 0.5) is 5.95 Å². The number of imidazole rings is 1. The largest absolute Gasteiger partial charge is 0.479 e. The lowest BCUT2D eigenvalue weighted by Gasteiger charge is -2.37. The molecule has 2 saturated heterocycles. The highest BCUT2D eigenvalue weighted by Crippen LogP contribution is 2.62. The van der Waals surface area contributed by atoms with E-state index in [1.165, 1.54) is 13.4 Å². The van der Waals surface area contributed by atoms with Gasteiger partial charge in [-0.15, -0.1) is 0 Å². The molecule has 5 atom stereocenters. The third-order valence-corrected chi connectivity index (χ3v) is 7.32. The summed E-state index contributed by atoms with van der Waals surface area (Å²) in [6, 6.07) is 2.27. The fourth-order valence-electron chi connectivity index (χ4n) is 3.95. The monoisotopic (exact) mass is 436 g/mol. The smallest absolute Gasteiger partial charge is 0.475 e. The number of fused-ring (bicyclic) bond motifs is 2. The fourth-order valence-corrected chi connectivity index (χ4v) is 5.66. The zero-order valence-electron chi connectivity index (χ0n) is 16.4. The highest BCUT2D eigenvalue weighted by Gasteiger charge is 2.61.